The van der Waals surface area contributed by atoms with Crippen molar-refractivity contribution in [1.29, 1.82) is 0 Å². The zero-order valence-corrected chi connectivity index (χ0v) is 11.3. The first-order valence-corrected chi connectivity index (χ1v) is 7.75. The first-order chi connectivity index (χ1) is 7.93. The molecule has 1 fully saturated rings. The first-order valence-electron chi connectivity index (χ1n) is 7.75. The average molecular weight is 223 g/mol. The Balaban J connectivity index is 2.19. The fourth-order valence-corrected chi connectivity index (χ4v) is 2.85. The van der Waals surface area contributed by atoms with Crippen LogP contribution in [0.15, 0.2) is 0 Å². The predicted octanol–water partition coefficient (Wildman–Crippen LogP) is 5.91. The van der Waals surface area contributed by atoms with Crippen LogP contribution in [0.1, 0.15) is 90.4 Å². The highest BCUT2D eigenvalue weighted by Gasteiger charge is 2.08. The lowest BCUT2D eigenvalue weighted by atomic mass is 9.89. The summed E-state index contributed by atoms with van der Waals surface area (Å²) in [6.07, 6.45) is 21.5. The molecule has 0 heteroatoms. The molecular weight excluding hydrogens is 192 g/mol. The zero-order valence-electron chi connectivity index (χ0n) is 11.3. The Morgan fingerprint density at radius 3 is 2.44 bits per heavy atom. The highest BCUT2D eigenvalue weighted by atomic mass is 14.1. The van der Waals surface area contributed by atoms with E-state index in [4.69, 9.17) is 0 Å². The second-order valence-corrected chi connectivity index (χ2v) is 5.57. The average Bonchev–Trinajstić information content (AvgIpc) is 2.28. The third-order valence-electron chi connectivity index (χ3n) is 4.02. The molecule has 1 rings (SSSR count). The summed E-state index contributed by atoms with van der Waals surface area (Å²) < 4.78 is 0. The molecule has 0 spiro atoms. The smallest absolute Gasteiger partial charge is 0.0386 e. The molecule has 1 atom stereocenters. The summed E-state index contributed by atoms with van der Waals surface area (Å²) in [4.78, 5) is 0. The van der Waals surface area contributed by atoms with Crippen molar-refractivity contribution in [2.75, 3.05) is 0 Å². The van der Waals surface area contributed by atoms with Crippen LogP contribution in [0.4, 0.5) is 0 Å². The van der Waals surface area contributed by atoms with Crippen LogP contribution in [-0.4, -0.2) is 0 Å². The Morgan fingerprint density at radius 2 is 1.62 bits per heavy atom. The quantitative estimate of drug-likeness (QED) is 0.558. The summed E-state index contributed by atoms with van der Waals surface area (Å²) in [6, 6.07) is 0. The largest absolute Gasteiger partial charge is 0.0654 e. The van der Waals surface area contributed by atoms with E-state index in [2.05, 4.69) is 13.3 Å². The summed E-state index contributed by atoms with van der Waals surface area (Å²) in [5, 5.41) is 0. The number of hydrogen-bond acceptors (Lipinski definition) is 0. The molecule has 1 unspecified atom stereocenters. The zero-order chi connectivity index (χ0) is 11.5. The van der Waals surface area contributed by atoms with Gasteiger partial charge in [0.1, 0.15) is 0 Å². The third kappa shape index (κ3) is 7.30. The van der Waals surface area contributed by atoms with Crippen molar-refractivity contribution in [3.8, 4) is 0 Å². The van der Waals surface area contributed by atoms with Crippen LogP contribution in [0.3, 0.4) is 0 Å². The van der Waals surface area contributed by atoms with Gasteiger partial charge in [0, 0.05) is 0 Å². The molecule has 0 N–H and O–H groups in total. The minimum Gasteiger partial charge on any atom is -0.0654 e. The van der Waals surface area contributed by atoms with Crippen molar-refractivity contribution in [3.05, 3.63) is 6.42 Å². The van der Waals surface area contributed by atoms with Crippen LogP contribution in [0.2, 0.25) is 0 Å². The van der Waals surface area contributed by atoms with Gasteiger partial charge in [-0.05, 0) is 18.8 Å². The molecular formula is C16H31. The van der Waals surface area contributed by atoms with Gasteiger partial charge in [0.25, 0.3) is 0 Å². The van der Waals surface area contributed by atoms with Gasteiger partial charge in [-0.3, -0.25) is 0 Å². The van der Waals surface area contributed by atoms with E-state index in [-0.39, 0.29) is 0 Å². The van der Waals surface area contributed by atoms with Crippen molar-refractivity contribution in [3.63, 3.8) is 0 Å². The Kier molecular flexibility index (Phi) is 8.94. The molecule has 0 nitrogen and oxygen atoms in total. The van der Waals surface area contributed by atoms with E-state index in [1.165, 1.54) is 83.5 Å². The molecule has 0 aromatic rings. The maximum absolute atomic E-state index is 2.56. The number of rotatable bonds is 3. The summed E-state index contributed by atoms with van der Waals surface area (Å²) in [5.74, 6) is 1.04. The minimum atomic E-state index is 1.04. The van der Waals surface area contributed by atoms with Crippen molar-refractivity contribution in [2.24, 2.45) is 5.92 Å². The van der Waals surface area contributed by atoms with E-state index in [9.17, 15) is 0 Å². The summed E-state index contributed by atoms with van der Waals surface area (Å²) in [6.45, 7) is 2.32. The van der Waals surface area contributed by atoms with Gasteiger partial charge in [0.05, 0.1) is 0 Å². The van der Waals surface area contributed by atoms with E-state index in [0.29, 0.717) is 0 Å². The topological polar surface area (TPSA) is 0 Å². The predicted molar refractivity (Wildman–Crippen MR) is 73.5 cm³/mol. The minimum absolute atomic E-state index is 1.04. The molecule has 0 aliphatic heterocycles. The van der Waals surface area contributed by atoms with E-state index in [1.54, 1.807) is 0 Å². The molecule has 1 saturated carbocycles. The van der Waals surface area contributed by atoms with Gasteiger partial charge >= 0.3 is 0 Å². The van der Waals surface area contributed by atoms with Crippen LogP contribution >= 0.6 is 0 Å². The van der Waals surface area contributed by atoms with Gasteiger partial charge in [0.15, 0.2) is 0 Å². The molecule has 0 saturated heterocycles. The molecule has 0 aromatic heterocycles. The summed E-state index contributed by atoms with van der Waals surface area (Å²) in [5.41, 5.74) is 0. The summed E-state index contributed by atoms with van der Waals surface area (Å²) in [7, 11) is 0. The van der Waals surface area contributed by atoms with Gasteiger partial charge in [-0.1, -0.05) is 84.0 Å². The molecule has 0 aromatic carbocycles. The summed E-state index contributed by atoms with van der Waals surface area (Å²) >= 11 is 0. The number of unbranched alkanes of at least 4 members (excludes halogenated alkanes) is 1. The lowest BCUT2D eigenvalue weighted by Crippen LogP contribution is -2.02. The monoisotopic (exact) mass is 223 g/mol. The van der Waals surface area contributed by atoms with Crippen molar-refractivity contribution in [2.45, 2.75) is 90.4 Å². The molecule has 1 aliphatic carbocycles. The van der Waals surface area contributed by atoms with Gasteiger partial charge in [-0.15, -0.1) is 0 Å². The first kappa shape index (κ1) is 14.1. The maximum atomic E-state index is 2.56. The molecule has 1 aliphatic rings. The maximum Gasteiger partial charge on any atom is -0.0386 e. The van der Waals surface area contributed by atoms with Gasteiger partial charge in [0.2, 0.25) is 0 Å². The number of hydrogen-bond donors (Lipinski definition) is 0. The van der Waals surface area contributed by atoms with Crippen LogP contribution < -0.4 is 0 Å². The van der Waals surface area contributed by atoms with E-state index < -0.39 is 0 Å². The SMILES string of the molecule is CCCCC1CC[CH]CCCCCCCC1. The standard InChI is InChI=1S/C16H31/c1-2-3-13-16-14-11-9-7-5-4-6-8-10-12-15-16/h9,16H,2-8,10-15H2,1H3. The van der Waals surface area contributed by atoms with Crippen LogP contribution in [0, 0.1) is 12.3 Å². The van der Waals surface area contributed by atoms with E-state index >= 15 is 0 Å². The van der Waals surface area contributed by atoms with Crippen LogP contribution in [-0.2, 0) is 0 Å². The van der Waals surface area contributed by atoms with E-state index in [0.717, 1.165) is 5.92 Å². The molecule has 0 bridgehead atoms. The third-order valence-corrected chi connectivity index (χ3v) is 4.02. The molecule has 16 heavy (non-hydrogen) atoms. The Bertz CT molecular complexity index is 127. The van der Waals surface area contributed by atoms with Crippen molar-refractivity contribution in [1.82, 2.24) is 0 Å². The van der Waals surface area contributed by atoms with Crippen molar-refractivity contribution >= 4 is 0 Å². The molecule has 0 heterocycles. The van der Waals surface area contributed by atoms with Gasteiger partial charge in [-0.2, -0.15) is 0 Å². The van der Waals surface area contributed by atoms with Gasteiger partial charge in [-0.25, -0.2) is 0 Å². The Morgan fingerprint density at radius 1 is 0.875 bits per heavy atom. The van der Waals surface area contributed by atoms with E-state index in [1.807, 2.05) is 0 Å². The fourth-order valence-electron chi connectivity index (χ4n) is 2.85. The lowest BCUT2D eigenvalue weighted by Gasteiger charge is -2.17. The normalized spacial score (nSPS) is 22.3. The lowest BCUT2D eigenvalue weighted by molar-refractivity contribution is 0.380. The Labute approximate surface area is 103 Å². The fraction of sp³-hybridized carbons (Fsp3) is 0.938. The molecule has 95 valence electrons. The second kappa shape index (κ2) is 10.2. The van der Waals surface area contributed by atoms with Crippen LogP contribution in [0.5, 0.6) is 0 Å². The van der Waals surface area contributed by atoms with Crippen molar-refractivity contribution < 1.29 is 0 Å². The van der Waals surface area contributed by atoms with Gasteiger partial charge < -0.3 is 0 Å². The Hall–Kier alpha value is 0. The van der Waals surface area contributed by atoms with Crippen LogP contribution in [0.25, 0.3) is 0 Å². The highest BCUT2D eigenvalue weighted by molar-refractivity contribution is 4.70. The molecule has 0 amide bonds. The second-order valence-electron chi connectivity index (χ2n) is 5.57. The highest BCUT2D eigenvalue weighted by Crippen LogP contribution is 2.24. The molecule has 1 radical (unpaired) electrons.